The Hall–Kier alpha value is -3.30. The van der Waals surface area contributed by atoms with Gasteiger partial charge in [-0.2, -0.15) is 0 Å². The van der Waals surface area contributed by atoms with E-state index in [4.69, 9.17) is 5.11 Å². The normalized spacial score (nSPS) is 21.0. The van der Waals surface area contributed by atoms with E-state index >= 15 is 0 Å². The maximum atomic E-state index is 13.4. The fourth-order valence-electron chi connectivity index (χ4n) is 4.66. The fraction of sp³-hybridized carbons (Fsp3) is 0.440. The Morgan fingerprint density at radius 3 is 2.85 bits per heavy atom. The van der Waals surface area contributed by atoms with Gasteiger partial charge in [-0.25, -0.2) is 0 Å². The largest absolute Gasteiger partial charge is 0.396 e. The number of rotatable bonds is 10. The summed E-state index contributed by atoms with van der Waals surface area (Å²) in [6.07, 6.45) is 9.62. The Morgan fingerprint density at radius 1 is 1.32 bits per heavy atom. The van der Waals surface area contributed by atoms with Crippen molar-refractivity contribution in [3.63, 3.8) is 0 Å². The minimum Gasteiger partial charge on any atom is -0.396 e. The van der Waals surface area contributed by atoms with Crippen LogP contribution < -0.4 is 9.80 Å². The van der Waals surface area contributed by atoms with Gasteiger partial charge in [-0.3, -0.25) is 14.3 Å². The van der Waals surface area contributed by atoms with Crippen LogP contribution in [0.3, 0.4) is 0 Å². The highest BCUT2D eigenvalue weighted by Gasteiger charge is 2.52. The second kappa shape index (κ2) is 9.90. The van der Waals surface area contributed by atoms with Gasteiger partial charge in [0.05, 0.1) is 11.4 Å². The van der Waals surface area contributed by atoms with Crippen molar-refractivity contribution in [2.24, 2.45) is 5.92 Å². The van der Waals surface area contributed by atoms with Gasteiger partial charge in [0, 0.05) is 62.4 Å². The quantitative estimate of drug-likeness (QED) is 0.519. The van der Waals surface area contributed by atoms with E-state index < -0.39 is 17.4 Å². The summed E-state index contributed by atoms with van der Waals surface area (Å²) in [5, 5.41) is 28.8. The van der Waals surface area contributed by atoms with Crippen molar-refractivity contribution in [2.45, 2.75) is 44.8 Å². The number of fused-ring (bicyclic) bond motifs is 1. The SMILES string of the molecule is C=CCN1C(=O)[C@](O)([C@H](C)/C=C/CCn2cc(CCO)nn2)c2cc(N3CCCC3=O)ccc21. The van der Waals surface area contributed by atoms with Gasteiger partial charge in [0.1, 0.15) is 0 Å². The summed E-state index contributed by atoms with van der Waals surface area (Å²) in [4.78, 5) is 28.9. The molecule has 0 unspecified atom stereocenters. The maximum absolute atomic E-state index is 13.4. The van der Waals surface area contributed by atoms with Crippen LogP contribution in [-0.4, -0.2) is 56.7 Å². The molecule has 0 radical (unpaired) electrons. The van der Waals surface area contributed by atoms with Crippen molar-refractivity contribution < 1.29 is 19.8 Å². The topological polar surface area (TPSA) is 112 Å². The van der Waals surface area contributed by atoms with Gasteiger partial charge in [-0.1, -0.05) is 30.4 Å². The summed E-state index contributed by atoms with van der Waals surface area (Å²) >= 11 is 0. The number of anilines is 2. The van der Waals surface area contributed by atoms with Crippen molar-refractivity contribution in [1.29, 1.82) is 0 Å². The summed E-state index contributed by atoms with van der Waals surface area (Å²) in [6.45, 7) is 7.11. The molecule has 2 aliphatic heterocycles. The molecule has 0 bridgehead atoms. The van der Waals surface area contributed by atoms with E-state index in [2.05, 4.69) is 16.9 Å². The first-order valence-corrected chi connectivity index (χ1v) is 11.7. The Labute approximate surface area is 199 Å². The maximum Gasteiger partial charge on any atom is 0.264 e. The Bertz CT molecular complexity index is 1110. The third-order valence-corrected chi connectivity index (χ3v) is 6.51. The minimum atomic E-state index is -1.74. The number of aliphatic hydroxyl groups excluding tert-OH is 1. The Balaban J connectivity index is 1.55. The second-order valence-corrected chi connectivity index (χ2v) is 8.77. The van der Waals surface area contributed by atoms with Crippen LogP contribution in [0.25, 0.3) is 0 Å². The van der Waals surface area contributed by atoms with E-state index in [0.29, 0.717) is 49.3 Å². The highest BCUT2D eigenvalue weighted by molar-refractivity contribution is 6.08. The van der Waals surface area contributed by atoms with Crippen molar-refractivity contribution >= 4 is 23.2 Å². The molecule has 9 heteroatoms. The Kier molecular flexibility index (Phi) is 6.95. The molecule has 3 heterocycles. The van der Waals surface area contributed by atoms with Gasteiger partial charge in [0.2, 0.25) is 5.91 Å². The van der Waals surface area contributed by atoms with Gasteiger partial charge >= 0.3 is 0 Å². The first kappa shape index (κ1) is 23.8. The first-order chi connectivity index (χ1) is 16.4. The van der Waals surface area contributed by atoms with Crippen LogP contribution in [0.15, 0.2) is 49.2 Å². The lowest BCUT2D eigenvalue weighted by Crippen LogP contribution is -2.44. The number of nitrogens with zero attached hydrogens (tertiary/aromatic N) is 5. The molecule has 0 spiro atoms. The van der Waals surface area contributed by atoms with Gasteiger partial charge in [-0.15, -0.1) is 11.7 Å². The molecule has 1 aromatic heterocycles. The number of carbonyl (C=O) groups is 2. The minimum absolute atomic E-state index is 0.0285. The van der Waals surface area contributed by atoms with Crippen LogP contribution in [0.4, 0.5) is 11.4 Å². The molecule has 4 rings (SSSR count). The fourth-order valence-corrected chi connectivity index (χ4v) is 4.66. The second-order valence-electron chi connectivity index (χ2n) is 8.77. The van der Waals surface area contributed by atoms with Crippen LogP contribution in [0, 0.1) is 5.92 Å². The molecule has 1 saturated heterocycles. The molecule has 2 N–H and O–H groups in total. The average molecular weight is 466 g/mol. The third-order valence-electron chi connectivity index (χ3n) is 6.51. The predicted octanol–water partition coefficient (Wildman–Crippen LogP) is 1.94. The highest BCUT2D eigenvalue weighted by Crippen LogP contribution is 2.46. The van der Waals surface area contributed by atoms with Crippen molar-refractivity contribution in [3.8, 4) is 0 Å². The summed E-state index contributed by atoms with van der Waals surface area (Å²) in [5.74, 6) is -0.841. The smallest absolute Gasteiger partial charge is 0.264 e. The molecular formula is C25H31N5O4. The zero-order valence-electron chi connectivity index (χ0n) is 19.4. The number of aromatic nitrogens is 3. The zero-order chi connectivity index (χ0) is 24.3. The molecular weight excluding hydrogens is 434 g/mol. The summed E-state index contributed by atoms with van der Waals surface area (Å²) < 4.78 is 1.70. The van der Waals surface area contributed by atoms with Crippen molar-refractivity contribution in [2.75, 3.05) is 29.5 Å². The molecule has 9 nitrogen and oxygen atoms in total. The Morgan fingerprint density at radius 2 is 2.15 bits per heavy atom. The van der Waals surface area contributed by atoms with E-state index in [1.54, 1.807) is 38.9 Å². The van der Waals surface area contributed by atoms with E-state index in [1.807, 2.05) is 25.1 Å². The number of hydrogen-bond acceptors (Lipinski definition) is 6. The number of allylic oxidation sites excluding steroid dienone is 1. The molecule has 2 aliphatic rings. The average Bonchev–Trinajstić information content (AvgIpc) is 3.52. The number of amides is 2. The molecule has 2 amide bonds. The molecule has 1 aromatic carbocycles. The van der Waals surface area contributed by atoms with Crippen LogP contribution in [0.1, 0.15) is 37.4 Å². The lowest BCUT2D eigenvalue weighted by atomic mass is 9.82. The number of aryl methyl sites for hydroxylation is 1. The van der Waals surface area contributed by atoms with E-state index in [-0.39, 0.29) is 19.1 Å². The van der Waals surface area contributed by atoms with Crippen LogP contribution in [0.5, 0.6) is 0 Å². The molecule has 2 atom stereocenters. The summed E-state index contributed by atoms with van der Waals surface area (Å²) in [6, 6.07) is 5.42. The van der Waals surface area contributed by atoms with Crippen LogP contribution in [-0.2, 0) is 28.2 Å². The molecule has 0 aliphatic carbocycles. The van der Waals surface area contributed by atoms with Crippen LogP contribution >= 0.6 is 0 Å². The molecule has 1 fully saturated rings. The molecule has 0 saturated carbocycles. The third kappa shape index (κ3) is 4.28. The first-order valence-electron chi connectivity index (χ1n) is 11.7. The van der Waals surface area contributed by atoms with Gasteiger partial charge < -0.3 is 20.0 Å². The lowest BCUT2D eigenvalue weighted by molar-refractivity contribution is -0.139. The van der Waals surface area contributed by atoms with Crippen LogP contribution in [0.2, 0.25) is 0 Å². The van der Waals surface area contributed by atoms with Crippen molar-refractivity contribution in [3.05, 3.63) is 60.5 Å². The number of hydrogen-bond donors (Lipinski definition) is 2. The van der Waals surface area contributed by atoms with Gasteiger partial charge in [0.15, 0.2) is 5.60 Å². The van der Waals surface area contributed by atoms with E-state index in [1.165, 1.54) is 0 Å². The van der Waals surface area contributed by atoms with Gasteiger partial charge in [-0.05, 0) is 31.0 Å². The number of aliphatic hydroxyl groups is 2. The summed E-state index contributed by atoms with van der Waals surface area (Å²) in [5.41, 5.74) is 0.849. The monoisotopic (exact) mass is 465 g/mol. The summed E-state index contributed by atoms with van der Waals surface area (Å²) in [7, 11) is 0. The number of carbonyl (C=O) groups excluding carboxylic acids is 2. The lowest BCUT2D eigenvalue weighted by Gasteiger charge is -2.28. The predicted molar refractivity (Wildman–Crippen MR) is 128 cm³/mol. The standard InChI is InChI=1S/C25H31N5O4/c1-3-12-30-22-10-9-20(29-14-6-8-23(29)32)16-21(22)25(34,24(30)33)18(2)7-4-5-13-28-17-19(11-15-31)26-27-28/h3-4,7,9-10,16-18,31,34H,1,5-6,8,11-15H2,2H3/b7-4+/t18-,25+/m1/s1. The zero-order valence-corrected chi connectivity index (χ0v) is 19.4. The molecule has 180 valence electrons. The molecule has 34 heavy (non-hydrogen) atoms. The number of benzene rings is 1. The highest BCUT2D eigenvalue weighted by atomic mass is 16.3. The van der Waals surface area contributed by atoms with Crippen molar-refractivity contribution in [1.82, 2.24) is 15.0 Å². The van der Waals surface area contributed by atoms with Gasteiger partial charge in [0.25, 0.3) is 5.91 Å². The van der Waals surface area contributed by atoms with E-state index in [9.17, 15) is 14.7 Å². The van der Waals surface area contributed by atoms with E-state index in [0.717, 1.165) is 12.1 Å². The molecule has 2 aromatic rings.